The highest BCUT2D eigenvalue weighted by atomic mass is 16.5. The maximum Gasteiger partial charge on any atom is 0.250 e. The number of hydrogen-bond acceptors (Lipinski definition) is 4. The van der Waals surface area contributed by atoms with Gasteiger partial charge in [-0.25, -0.2) is 4.98 Å². The topological polar surface area (TPSA) is 91.2 Å². The average Bonchev–Trinajstić information content (AvgIpc) is 3.23. The molecule has 0 saturated carbocycles. The summed E-state index contributed by atoms with van der Waals surface area (Å²) in [6.07, 6.45) is 3.42. The molecule has 31 heavy (non-hydrogen) atoms. The monoisotopic (exact) mass is 409 g/mol. The molecule has 0 radical (unpaired) electrons. The van der Waals surface area contributed by atoms with Gasteiger partial charge in [0.1, 0.15) is 5.75 Å². The van der Waals surface area contributed by atoms with Gasteiger partial charge in [-0.3, -0.25) is 4.79 Å². The van der Waals surface area contributed by atoms with Crippen LogP contribution in [0.4, 0.5) is 0 Å². The van der Waals surface area contributed by atoms with Gasteiger partial charge >= 0.3 is 0 Å². The molecule has 1 aliphatic rings. The highest BCUT2D eigenvalue weighted by molar-refractivity contribution is 5.93. The molecular formula is C26H23N3O2. The predicted octanol–water partition coefficient (Wildman–Crippen LogP) is 4.54. The molecule has 5 heteroatoms. The number of primary amides is 1. The lowest BCUT2D eigenvalue weighted by Gasteiger charge is -2.21. The molecule has 1 aliphatic carbocycles. The molecule has 1 unspecified atom stereocenters. The van der Waals surface area contributed by atoms with Gasteiger partial charge in [-0.05, 0) is 53.0 Å². The van der Waals surface area contributed by atoms with Crippen LogP contribution in [0.5, 0.6) is 11.6 Å². The van der Waals surface area contributed by atoms with Gasteiger partial charge in [0.25, 0.3) is 0 Å². The zero-order valence-electron chi connectivity index (χ0n) is 17.0. The van der Waals surface area contributed by atoms with E-state index in [1.54, 1.807) is 12.1 Å². The standard InChI is InChI=1S/C26H23N3O2/c27-25(19-13-16-5-1-2-6-17(16)14-19)22-9-3-8-21-20(22)7-4-10-23(21)31-24-12-11-18(15-29-24)26(28)30/h1-12,15,19,25H,13-14,27H2,(H2,28,30). The molecule has 0 aliphatic heterocycles. The molecule has 1 aromatic heterocycles. The second-order valence-corrected chi connectivity index (χ2v) is 8.01. The lowest BCUT2D eigenvalue weighted by atomic mass is 9.88. The van der Waals surface area contributed by atoms with Crippen molar-refractivity contribution >= 4 is 16.7 Å². The second-order valence-electron chi connectivity index (χ2n) is 8.01. The summed E-state index contributed by atoms with van der Waals surface area (Å²) in [5.74, 6) is 0.950. The first-order valence-electron chi connectivity index (χ1n) is 10.4. The van der Waals surface area contributed by atoms with Crippen LogP contribution in [0.15, 0.2) is 79.0 Å². The van der Waals surface area contributed by atoms with Crippen molar-refractivity contribution in [2.75, 3.05) is 0 Å². The van der Waals surface area contributed by atoms with Crippen molar-refractivity contribution in [3.05, 3.63) is 101 Å². The Labute approximate surface area is 180 Å². The van der Waals surface area contributed by atoms with Crippen molar-refractivity contribution in [1.29, 1.82) is 0 Å². The van der Waals surface area contributed by atoms with Crippen molar-refractivity contribution in [3.63, 3.8) is 0 Å². The number of nitrogens with two attached hydrogens (primary N) is 2. The maximum atomic E-state index is 11.3. The Balaban J connectivity index is 1.45. The molecule has 154 valence electrons. The lowest BCUT2D eigenvalue weighted by molar-refractivity contribution is 0.1000. The first kappa shape index (κ1) is 19.3. The Hall–Kier alpha value is -3.70. The van der Waals surface area contributed by atoms with Gasteiger partial charge in [0.2, 0.25) is 11.8 Å². The van der Waals surface area contributed by atoms with Crippen LogP contribution in [0.2, 0.25) is 0 Å². The van der Waals surface area contributed by atoms with Crippen LogP contribution >= 0.6 is 0 Å². The third kappa shape index (κ3) is 3.64. The van der Waals surface area contributed by atoms with E-state index in [0.717, 1.165) is 29.2 Å². The summed E-state index contributed by atoms with van der Waals surface area (Å²) >= 11 is 0. The van der Waals surface area contributed by atoms with E-state index in [9.17, 15) is 4.79 Å². The van der Waals surface area contributed by atoms with E-state index in [1.807, 2.05) is 24.3 Å². The molecular weight excluding hydrogens is 386 g/mol. The smallest absolute Gasteiger partial charge is 0.250 e. The second kappa shape index (κ2) is 7.85. The van der Waals surface area contributed by atoms with Gasteiger partial charge in [-0.1, -0.05) is 54.6 Å². The third-order valence-electron chi connectivity index (χ3n) is 6.10. The quantitative estimate of drug-likeness (QED) is 0.506. The average molecular weight is 409 g/mol. The molecule has 0 bridgehead atoms. The molecule has 1 amide bonds. The number of ether oxygens (including phenoxy) is 1. The first-order chi connectivity index (χ1) is 15.1. The van der Waals surface area contributed by atoms with Crippen molar-refractivity contribution in [2.24, 2.45) is 17.4 Å². The fourth-order valence-electron chi connectivity index (χ4n) is 4.48. The Morgan fingerprint density at radius 2 is 1.61 bits per heavy atom. The molecule has 4 aromatic rings. The van der Waals surface area contributed by atoms with Crippen LogP contribution in [-0.4, -0.2) is 10.9 Å². The summed E-state index contributed by atoms with van der Waals surface area (Å²) in [5, 5.41) is 2.06. The van der Waals surface area contributed by atoms with Crippen molar-refractivity contribution < 1.29 is 9.53 Å². The number of hydrogen-bond donors (Lipinski definition) is 2. The Morgan fingerprint density at radius 1 is 0.903 bits per heavy atom. The summed E-state index contributed by atoms with van der Waals surface area (Å²) in [6, 6.07) is 23.9. The van der Waals surface area contributed by atoms with Gasteiger partial charge < -0.3 is 16.2 Å². The first-order valence-corrected chi connectivity index (χ1v) is 10.4. The summed E-state index contributed by atoms with van der Waals surface area (Å²) in [6.45, 7) is 0. The molecule has 3 aromatic carbocycles. The van der Waals surface area contributed by atoms with Crippen LogP contribution in [0.25, 0.3) is 10.8 Å². The van der Waals surface area contributed by atoms with Crippen molar-refractivity contribution in [1.82, 2.24) is 4.98 Å². The maximum absolute atomic E-state index is 11.3. The number of rotatable bonds is 5. The van der Waals surface area contributed by atoms with Crippen LogP contribution < -0.4 is 16.2 Å². The highest BCUT2D eigenvalue weighted by Gasteiger charge is 2.28. The zero-order chi connectivity index (χ0) is 21.4. The molecule has 5 nitrogen and oxygen atoms in total. The number of fused-ring (bicyclic) bond motifs is 2. The fraction of sp³-hybridized carbons (Fsp3) is 0.154. The lowest BCUT2D eigenvalue weighted by Crippen LogP contribution is -2.22. The van der Waals surface area contributed by atoms with E-state index in [0.29, 0.717) is 23.1 Å². The number of benzene rings is 3. The van der Waals surface area contributed by atoms with Gasteiger partial charge in [-0.2, -0.15) is 0 Å². The molecule has 5 rings (SSSR count). The van der Waals surface area contributed by atoms with Crippen LogP contribution in [-0.2, 0) is 12.8 Å². The Kier molecular flexibility index (Phi) is 4.88. The van der Waals surface area contributed by atoms with Gasteiger partial charge in [0.05, 0.1) is 5.56 Å². The van der Waals surface area contributed by atoms with E-state index in [4.69, 9.17) is 16.2 Å². The number of amides is 1. The minimum Gasteiger partial charge on any atom is -0.438 e. The van der Waals surface area contributed by atoms with E-state index >= 15 is 0 Å². The summed E-state index contributed by atoms with van der Waals surface area (Å²) < 4.78 is 6.03. The Morgan fingerprint density at radius 3 is 2.29 bits per heavy atom. The minimum atomic E-state index is -0.517. The molecule has 0 saturated heterocycles. The Bertz CT molecular complexity index is 1240. The molecule has 0 spiro atoms. The van der Waals surface area contributed by atoms with Gasteiger partial charge in [0, 0.05) is 23.7 Å². The van der Waals surface area contributed by atoms with E-state index in [1.165, 1.54) is 17.3 Å². The summed E-state index contributed by atoms with van der Waals surface area (Å²) in [4.78, 5) is 15.5. The number of carbonyl (C=O) groups is 1. The summed E-state index contributed by atoms with van der Waals surface area (Å²) in [5.41, 5.74) is 16.3. The number of carbonyl (C=O) groups excluding carboxylic acids is 1. The van der Waals surface area contributed by atoms with Gasteiger partial charge in [0.15, 0.2) is 0 Å². The number of nitrogens with zero attached hydrogens (tertiary/aromatic N) is 1. The normalized spacial score (nSPS) is 14.4. The molecule has 1 heterocycles. The van der Waals surface area contributed by atoms with E-state index in [2.05, 4.69) is 41.4 Å². The van der Waals surface area contributed by atoms with Crippen LogP contribution in [0, 0.1) is 5.92 Å². The fourth-order valence-corrected chi connectivity index (χ4v) is 4.48. The molecule has 0 fully saturated rings. The van der Waals surface area contributed by atoms with E-state index < -0.39 is 5.91 Å². The summed E-state index contributed by atoms with van der Waals surface area (Å²) in [7, 11) is 0. The van der Waals surface area contributed by atoms with Crippen LogP contribution in [0.1, 0.15) is 33.1 Å². The third-order valence-corrected chi connectivity index (χ3v) is 6.10. The molecule has 4 N–H and O–H groups in total. The van der Waals surface area contributed by atoms with Crippen molar-refractivity contribution in [3.8, 4) is 11.6 Å². The van der Waals surface area contributed by atoms with E-state index in [-0.39, 0.29) is 6.04 Å². The highest BCUT2D eigenvalue weighted by Crippen LogP contribution is 2.38. The molecule has 1 atom stereocenters. The minimum absolute atomic E-state index is 0.0701. The number of pyridine rings is 1. The van der Waals surface area contributed by atoms with Crippen LogP contribution in [0.3, 0.4) is 0 Å². The zero-order valence-corrected chi connectivity index (χ0v) is 17.0. The number of aromatic nitrogens is 1. The predicted molar refractivity (Wildman–Crippen MR) is 121 cm³/mol. The largest absolute Gasteiger partial charge is 0.438 e. The SMILES string of the molecule is NC(=O)c1ccc(Oc2cccc3c(C(N)C4Cc5ccccc5C4)cccc23)nc1. The van der Waals surface area contributed by atoms with Crippen molar-refractivity contribution in [2.45, 2.75) is 18.9 Å². The van der Waals surface area contributed by atoms with Gasteiger partial charge in [-0.15, -0.1) is 0 Å².